The maximum absolute atomic E-state index is 10.6. The van der Waals surface area contributed by atoms with Crippen molar-refractivity contribution in [2.45, 2.75) is 44.2 Å². The van der Waals surface area contributed by atoms with Crippen molar-refractivity contribution in [1.29, 1.82) is 0 Å². The van der Waals surface area contributed by atoms with Crippen molar-refractivity contribution in [2.24, 2.45) is 0 Å². The Morgan fingerprint density at radius 2 is 1.69 bits per heavy atom. The van der Waals surface area contributed by atoms with E-state index in [0.717, 1.165) is 39.3 Å². The Morgan fingerprint density at radius 3 is 2.42 bits per heavy atom. The molecule has 5 nitrogen and oxygen atoms in total. The lowest BCUT2D eigenvalue weighted by Gasteiger charge is -2.24. The molecule has 5 rings (SSSR count). The molecule has 0 radical (unpaired) electrons. The molecule has 0 amide bonds. The molecule has 1 heterocycles. The zero-order valence-corrected chi connectivity index (χ0v) is 21.5. The molecule has 3 aromatic carbocycles. The largest absolute Gasteiger partial charge is 0.497 e. The number of hydrogen-bond donors (Lipinski definition) is 2. The van der Waals surface area contributed by atoms with Crippen molar-refractivity contribution < 1.29 is 14.6 Å². The molecule has 1 aromatic heterocycles. The lowest BCUT2D eigenvalue weighted by molar-refractivity contribution is 0.102. The Balaban J connectivity index is 0.00000304. The number of fused-ring (bicyclic) bond motifs is 1. The molecule has 0 bridgehead atoms. The first kappa shape index (κ1) is 26.1. The molecular weight excluding hydrogens is 472 g/mol. The molecule has 1 saturated carbocycles. The number of nitrogens with one attached hydrogen (secondary N) is 1. The number of methoxy groups -OCH3 is 1. The van der Waals surface area contributed by atoms with Crippen LogP contribution in [0.25, 0.3) is 27.8 Å². The number of aliphatic hydroxyl groups excluding tert-OH is 1. The second kappa shape index (κ2) is 12.3. The summed E-state index contributed by atoms with van der Waals surface area (Å²) in [6.45, 7) is 0.815. The van der Waals surface area contributed by atoms with E-state index in [-0.39, 0.29) is 19.0 Å². The van der Waals surface area contributed by atoms with E-state index in [4.69, 9.17) is 9.47 Å². The minimum atomic E-state index is -0.551. The molecule has 36 heavy (non-hydrogen) atoms. The molecule has 1 atom stereocenters. The molecule has 1 aliphatic carbocycles. The number of aromatic nitrogens is 1. The number of halogens is 1. The average molecular weight is 507 g/mol. The van der Waals surface area contributed by atoms with Crippen LogP contribution in [0.3, 0.4) is 0 Å². The molecule has 1 aliphatic rings. The molecule has 0 aliphatic heterocycles. The Hall–Kier alpha value is -2.99. The number of ether oxygens (including phenoxy) is 2. The standard InChI is InChI=1S/C30H34N2O3.ClH/c1-34-26-17-15-22(16-18-26)29-19-27-28(32(29)24-11-6-3-7-12-24)13-8-14-30(27)35-21-25(33)20-31-23-9-4-2-5-10-23;/h3,6-8,11-19,23,25,31,33H,2,4-5,9-10,20-21H2,1H3;1H. The van der Waals surface area contributed by atoms with Crippen molar-refractivity contribution in [3.05, 3.63) is 78.9 Å². The van der Waals surface area contributed by atoms with Gasteiger partial charge < -0.3 is 24.5 Å². The van der Waals surface area contributed by atoms with E-state index in [0.29, 0.717) is 12.6 Å². The summed E-state index contributed by atoms with van der Waals surface area (Å²) >= 11 is 0. The van der Waals surface area contributed by atoms with Crippen molar-refractivity contribution in [2.75, 3.05) is 20.3 Å². The summed E-state index contributed by atoms with van der Waals surface area (Å²) < 4.78 is 13.8. The highest BCUT2D eigenvalue weighted by atomic mass is 35.5. The normalized spacial score (nSPS) is 14.8. The first-order valence-corrected chi connectivity index (χ1v) is 12.6. The number of benzene rings is 3. The molecular formula is C30H35ClN2O3. The number of rotatable bonds is 9. The summed E-state index contributed by atoms with van der Waals surface area (Å²) in [7, 11) is 1.68. The van der Waals surface area contributed by atoms with Crippen LogP contribution in [0, 0.1) is 0 Å². The van der Waals surface area contributed by atoms with Crippen LogP contribution < -0.4 is 14.8 Å². The van der Waals surface area contributed by atoms with Crippen LogP contribution in [0.5, 0.6) is 11.5 Å². The van der Waals surface area contributed by atoms with Gasteiger partial charge in [0.2, 0.25) is 0 Å². The van der Waals surface area contributed by atoms with E-state index in [1.165, 1.54) is 32.1 Å². The highest BCUT2D eigenvalue weighted by Gasteiger charge is 2.18. The summed E-state index contributed by atoms with van der Waals surface area (Å²) in [5.74, 6) is 1.61. The summed E-state index contributed by atoms with van der Waals surface area (Å²) in [6, 6.07) is 27.3. The summed E-state index contributed by atoms with van der Waals surface area (Å²) in [6.07, 6.45) is 5.74. The fraction of sp³-hybridized carbons (Fsp3) is 0.333. The second-order valence-electron chi connectivity index (χ2n) is 9.33. The van der Waals surface area contributed by atoms with Crippen LogP contribution in [0.15, 0.2) is 78.9 Å². The summed E-state index contributed by atoms with van der Waals surface area (Å²) in [5, 5.41) is 15.1. The van der Waals surface area contributed by atoms with Crippen molar-refractivity contribution >= 4 is 23.3 Å². The van der Waals surface area contributed by atoms with E-state index in [1.807, 2.05) is 30.3 Å². The first-order valence-electron chi connectivity index (χ1n) is 12.6. The lowest BCUT2D eigenvalue weighted by atomic mass is 9.95. The Kier molecular flexibility index (Phi) is 8.92. The lowest BCUT2D eigenvalue weighted by Crippen LogP contribution is -2.38. The number of nitrogens with zero attached hydrogens (tertiary/aromatic N) is 1. The highest BCUT2D eigenvalue weighted by molar-refractivity contribution is 5.93. The quantitative estimate of drug-likeness (QED) is 0.276. The van der Waals surface area contributed by atoms with Gasteiger partial charge >= 0.3 is 0 Å². The van der Waals surface area contributed by atoms with Gasteiger partial charge in [0.15, 0.2) is 0 Å². The van der Waals surface area contributed by atoms with Crippen molar-refractivity contribution in [1.82, 2.24) is 9.88 Å². The maximum Gasteiger partial charge on any atom is 0.128 e. The van der Waals surface area contributed by atoms with Gasteiger partial charge in [-0.25, -0.2) is 0 Å². The molecule has 2 N–H and O–H groups in total. The monoisotopic (exact) mass is 506 g/mol. The van der Waals surface area contributed by atoms with E-state index < -0.39 is 6.10 Å². The predicted octanol–water partition coefficient (Wildman–Crippen LogP) is 6.39. The summed E-state index contributed by atoms with van der Waals surface area (Å²) in [5.41, 5.74) is 4.31. The van der Waals surface area contributed by atoms with Gasteiger partial charge in [-0.2, -0.15) is 0 Å². The maximum atomic E-state index is 10.6. The Bertz CT molecular complexity index is 1230. The zero-order chi connectivity index (χ0) is 24.0. The molecule has 1 fully saturated rings. The van der Waals surface area contributed by atoms with Crippen LogP contribution >= 0.6 is 12.4 Å². The third-order valence-electron chi connectivity index (χ3n) is 6.88. The summed E-state index contributed by atoms with van der Waals surface area (Å²) in [4.78, 5) is 0. The zero-order valence-electron chi connectivity index (χ0n) is 20.7. The fourth-order valence-electron chi connectivity index (χ4n) is 5.01. The smallest absolute Gasteiger partial charge is 0.128 e. The van der Waals surface area contributed by atoms with Crippen LogP contribution in [0.1, 0.15) is 32.1 Å². The molecule has 4 aromatic rings. The average Bonchev–Trinajstić information content (AvgIpc) is 3.32. The van der Waals surface area contributed by atoms with Gasteiger partial charge in [-0.15, -0.1) is 12.4 Å². The number of para-hydroxylation sites is 1. The molecule has 0 saturated heterocycles. The van der Waals surface area contributed by atoms with Gasteiger partial charge in [0.25, 0.3) is 0 Å². The van der Waals surface area contributed by atoms with Gasteiger partial charge in [0.05, 0.1) is 18.3 Å². The molecule has 190 valence electrons. The first-order chi connectivity index (χ1) is 17.2. The minimum absolute atomic E-state index is 0. The van der Waals surface area contributed by atoms with E-state index >= 15 is 0 Å². The predicted molar refractivity (Wildman–Crippen MR) is 149 cm³/mol. The minimum Gasteiger partial charge on any atom is -0.497 e. The topological polar surface area (TPSA) is 55.6 Å². The fourth-order valence-corrected chi connectivity index (χ4v) is 5.01. The number of aliphatic hydroxyl groups is 1. The van der Waals surface area contributed by atoms with Crippen molar-refractivity contribution in [3.8, 4) is 28.4 Å². The molecule has 0 spiro atoms. The van der Waals surface area contributed by atoms with Gasteiger partial charge in [-0.05, 0) is 73.0 Å². The Morgan fingerprint density at radius 1 is 0.944 bits per heavy atom. The third-order valence-corrected chi connectivity index (χ3v) is 6.88. The third kappa shape index (κ3) is 5.86. The van der Waals surface area contributed by atoms with Crippen LogP contribution in [-0.4, -0.2) is 42.1 Å². The second-order valence-corrected chi connectivity index (χ2v) is 9.33. The van der Waals surface area contributed by atoms with Gasteiger partial charge in [-0.1, -0.05) is 43.5 Å². The van der Waals surface area contributed by atoms with Gasteiger partial charge in [-0.3, -0.25) is 0 Å². The SMILES string of the molecule is COc1ccc(-c2cc3c(OCC(O)CNC4CCCCC4)cccc3n2-c2ccccc2)cc1.Cl. The van der Waals surface area contributed by atoms with Crippen LogP contribution in [0.4, 0.5) is 0 Å². The van der Waals surface area contributed by atoms with Gasteiger partial charge in [0.1, 0.15) is 24.2 Å². The van der Waals surface area contributed by atoms with Crippen LogP contribution in [0.2, 0.25) is 0 Å². The van der Waals surface area contributed by atoms with E-state index in [2.05, 4.69) is 58.4 Å². The van der Waals surface area contributed by atoms with Crippen molar-refractivity contribution in [3.63, 3.8) is 0 Å². The van der Waals surface area contributed by atoms with E-state index in [9.17, 15) is 5.11 Å². The Labute approximate surface area is 219 Å². The molecule has 6 heteroatoms. The highest BCUT2D eigenvalue weighted by Crippen LogP contribution is 2.36. The number of hydrogen-bond acceptors (Lipinski definition) is 4. The molecule has 1 unspecified atom stereocenters. The van der Waals surface area contributed by atoms with Crippen LogP contribution in [-0.2, 0) is 0 Å². The van der Waals surface area contributed by atoms with Gasteiger partial charge in [0, 0.05) is 23.7 Å². The van der Waals surface area contributed by atoms with E-state index in [1.54, 1.807) is 7.11 Å².